The molecule has 3 aromatic rings. The van der Waals surface area contributed by atoms with E-state index < -0.39 is 0 Å². The summed E-state index contributed by atoms with van der Waals surface area (Å²) in [6.45, 7) is 4.99. The fourth-order valence-corrected chi connectivity index (χ4v) is 4.59. The maximum Gasteiger partial charge on any atom is 0.326 e. The number of aryl methyl sites for hydroxylation is 1. The molecule has 2 aliphatic heterocycles. The molecule has 0 spiro atoms. The number of ether oxygens (including phenoxy) is 1. The molecule has 2 heterocycles. The first-order valence-electron chi connectivity index (χ1n) is 11.4. The molecule has 3 amide bonds. The number of rotatable bonds is 3. The third-order valence-electron chi connectivity index (χ3n) is 6.41. The highest BCUT2D eigenvalue weighted by molar-refractivity contribution is 6.31. The molecular weight excluding hydrogens is 450 g/mol. The number of nitrogens with zero attached hydrogens (tertiary/aromatic N) is 2. The summed E-state index contributed by atoms with van der Waals surface area (Å²) in [5.74, 6) is 0.0420. The van der Waals surface area contributed by atoms with Crippen LogP contribution < -0.4 is 10.2 Å². The standard InChI is InChI=1S/C27H26ClN3O3/c1-18-2-8-23(17-24(18)28)29-27(33)31-11-10-22-16-21(7-9-25(22)31)19-3-5-20(6-4-19)26(32)30-12-14-34-15-13-30/h2-9,16-17H,10-15H2,1H3,(H,29,33). The molecular formula is C27H26ClN3O3. The Balaban J connectivity index is 1.29. The topological polar surface area (TPSA) is 61.9 Å². The number of carbonyl (C=O) groups excluding carboxylic acids is 2. The van der Waals surface area contributed by atoms with Crippen molar-refractivity contribution in [2.75, 3.05) is 43.1 Å². The van der Waals surface area contributed by atoms with E-state index in [0.717, 1.165) is 34.4 Å². The summed E-state index contributed by atoms with van der Waals surface area (Å²) in [4.78, 5) is 29.2. The van der Waals surface area contributed by atoms with E-state index in [1.54, 1.807) is 11.0 Å². The van der Waals surface area contributed by atoms with Gasteiger partial charge in [0, 0.05) is 41.6 Å². The molecule has 1 N–H and O–H groups in total. The SMILES string of the molecule is Cc1ccc(NC(=O)N2CCc3cc(-c4ccc(C(=O)N5CCOCC5)cc4)ccc32)cc1Cl. The van der Waals surface area contributed by atoms with Crippen LogP contribution in [0.3, 0.4) is 0 Å². The molecule has 0 atom stereocenters. The second kappa shape index (κ2) is 9.49. The zero-order valence-electron chi connectivity index (χ0n) is 19.0. The molecule has 6 nitrogen and oxygen atoms in total. The lowest BCUT2D eigenvalue weighted by atomic mass is 10.0. The van der Waals surface area contributed by atoms with Crippen molar-refractivity contribution in [2.45, 2.75) is 13.3 Å². The van der Waals surface area contributed by atoms with Crippen LogP contribution >= 0.6 is 11.6 Å². The van der Waals surface area contributed by atoms with Crippen molar-refractivity contribution in [3.8, 4) is 11.1 Å². The number of benzene rings is 3. The number of amides is 3. The zero-order valence-corrected chi connectivity index (χ0v) is 19.8. The van der Waals surface area contributed by atoms with E-state index in [2.05, 4.69) is 11.4 Å². The first-order valence-corrected chi connectivity index (χ1v) is 11.8. The van der Waals surface area contributed by atoms with Gasteiger partial charge in [-0.3, -0.25) is 9.69 Å². The minimum Gasteiger partial charge on any atom is -0.378 e. The molecule has 5 rings (SSSR count). The highest BCUT2D eigenvalue weighted by Crippen LogP contribution is 2.33. The Labute approximate surface area is 204 Å². The number of anilines is 2. The van der Waals surface area contributed by atoms with Crippen LogP contribution in [0.1, 0.15) is 21.5 Å². The Kier molecular flexibility index (Phi) is 6.26. The summed E-state index contributed by atoms with van der Waals surface area (Å²) in [7, 11) is 0. The van der Waals surface area contributed by atoms with Gasteiger partial charge in [0.1, 0.15) is 0 Å². The van der Waals surface area contributed by atoms with Gasteiger partial charge in [0.05, 0.1) is 13.2 Å². The van der Waals surface area contributed by atoms with Crippen LogP contribution in [0.2, 0.25) is 5.02 Å². The molecule has 0 saturated carbocycles. The van der Waals surface area contributed by atoms with Gasteiger partial charge in [-0.1, -0.05) is 35.9 Å². The number of fused-ring (bicyclic) bond motifs is 1. The number of carbonyl (C=O) groups is 2. The first kappa shape index (κ1) is 22.4. The van der Waals surface area contributed by atoms with E-state index in [1.807, 2.05) is 60.4 Å². The average Bonchev–Trinajstić information content (AvgIpc) is 3.30. The quantitative estimate of drug-likeness (QED) is 0.553. The molecule has 174 valence electrons. The largest absolute Gasteiger partial charge is 0.378 e. The maximum absolute atomic E-state index is 12.9. The molecule has 1 fully saturated rings. The van der Waals surface area contributed by atoms with E-state index in [4.69, 9.17) is 16.3 Å². The first-order chi connectivity index (χ1) is 16.5. The minimum absolute atomic E-state index is 0.0420. The minimum atomic E-state index is -0.169. The Hall–Kier alpha value is -3.35. The van der Waals surface area contributed by atoms with Gasteiger partial charge in [0.25, 0.3) is 5.91 Å². The summed E-state index contributed by atoms with van der Waals surface area (Å²) < 4.78 is 5.33. The summed E-state index contributed by atoms with van der Waals surface area (Å²) in [5, 5.41) is 3.57. The van der Waals surface area contributed by atoms with Gasteiger partial charge in [-0.15, -0.1) is 0 Å². The average molecular weight is 476 g/mol. The van der Waals surface area contributed by atoms with Crippen LogP contribution in [0.25, 0.3) is 11.1 Å². The number of hydrogen-bond donors (Lipinski definition) is 1. The van der Waals surface area contributed by atoms with Gasteiger partial charge >= 0.3 is 6.03 Å². The fourth-order valence-electron chi connectivity index (χ4n) is 4.41. The number of halogens is 1. The molecule has 7 heteroatoms. The molecule has 0 aliphatic carbocycles. The lowest BCUT2D eigenvalue weighted by Crippen LogP contribution is -2.40. The van der Waals surface area contributed by atoms with E-state index in [-0.39, 0.29) is 11.9 Å². The molecule has 1 saturated heterocycles. The van der Waals surface area contributed by atoms with Crippen molar-refractivity contribution >= 4 is 34.9 Å². The van der Waals surface area contributed by atoms with Gasteiger partial charge in [0.2, 0.25) is 0 Å². The van der Waals surface area contributed by atoms with Crippen LogP contribution in [0.4, 0.5) is 16.2 Å². The highest BCUT2D eigenvalue weighted by Gasteiger charge is 2.25. The second-order valence-corrected chi connectivity index (χ2v) is 9.03. The Morgan fingerprint density at radius 1 is 0.912 bits per heavy atom. The Morgan fingerprint density at radius 2 is 1.65 bits per heavy atom. The van der Waals surface area contributed by atoms with Gasteiger partial charge in [-0.05, 0) is 72.0 Å². The Morgan fingerprint density at radius 3 is 2.38 bits per heavy atom. The van der Waals surface area contributed by atoms with Gasteiger partial charge in [0.15, 0.2) is 0 Å². The van der Waals surface area contributed by atoms with Crippen molar-refractivity contribution in [1.82, 2.24) is 4.90 Å². The number of morpholine rings is 1. The van der Waals surface area contributed by atoms with Crippen molar-refractivity contribution in [2.24, 2.45) is 0 Å². The third-order valence-corrected chi connectivity index (χ3v) is 6.81. The van der Waals surface area contributed by atoms with E-state index in [9.17, 15) is 9.59 Å². The van der Waals surface area contributed by atoms with Crippen molar-refractivity contribution < 1.29 is 14.3 Å². The van der Waals surface area contributed by atoms with Crippen LogP contribution in [-0.4, -0.2) is 49.7 Å². The van der Waals surface area contributed by atoms with Gasteiger partial charge in [-0.2, -0.15) is 0 Å². The van der Waals surface area contributed by atoms with Crippen LogP contribution in [0.15, 0.2) is 60.7 Å². The third kappa shape index (κ3) is 4.52. The lowest BCUT2D eigenvalue weighted by Gasteiger charge is -2.26. The molecule has 2 aliphatic rings. The highest BCUT2D eigenvalue weighted by atomic mass is 35.5. The van der Waals surface area contributed by atoms with Crippen LogP contribution in [0, 0.1) is 6.92 Å². The Bertz CT molecular complexity index is 1240. The molecule has 3 aromatic carbocycles. The summed E-state index contributed by atoms with van der Waals surface area (Å²) in [6, 6.07) is 19.2. The number of hydrogen-bond acceptors (Lipinski definition) is 3. The second-order valence-electron chi connectivity index (χ2n) is 8.62. The van der Waals surface area contributed by atoms with Crippen molar-refractivity contribution in [3.63, 3.8) is 0 Å². The number of urea groups is 1. The van der Waals surface area contributed by atoms with Crippen LogP contribution in [0.5, 0.6) is 0 Å². The number of nitrogens with one attached hydrogen (secondary N) is 1. The smallest absolute Gasteiger partial charge is 0.326 e. The normalized spacial score (nSPS) is 15.2. The van der Waals surface area contributed by atoms with Crippen molar-refractivity contribution in [1.29, 1.82) is 0 Å². The van der Waals surface area contributed by atoms with Gasteiger partial charge in [-0.25, -0.2) is 4.79 Å². The maximum atomic E-state index is 12.9. The summed E-state index contributed by atoms with van der Waals surface area (Å²) in [5.41, 5.74) is 6.48. The summed E-state index contributed by atoms with van der Waals surface area (Å²) >= 11 is 6.19. The van der Waals surface area contributed by atoms with E-state index >= 15 is 0 Å². The molecule has 0 radical (unpaired) electrons. The predicted molar refractivity (Wildman–Crippen MR) is 135 cm³/mol. The van der Waals surface area contributed by atoms with E-state index in [1.165, 1.54) is 0 Å². The molecule has 0 aromatic heterocycles. The summed E-state index contributed by atoms with van der Waals surface area (Å²) in [6.07, 6.45) is 0.791. The van der Waals surface area contributed by atoms with E-state index in [0.29, 0.717) is 49.1 Å². The van der Waals surface area contributed by atoms with Crippen molar-refractivity contribution in [3.05, 3.63) is 82.4 Å². The van der Waals surface area contributed by atoms with Gasteiger partial charge < -0.3 is 15.0 Å². The van der Waals surface area contributed by atoms with Crippen LogP contribution in [-0.2, 0) is 11.2 Å². The lowest BCUT2D eigenvalue weighted by molar-refractivity contribution is 0.0303. The zero-order chi connectivity index (χ0) is 23.7. The molecule has 0 unspecified atom stereocenters. The predicted octanol–water partition coefficient (Wildman–Crippen LogP) is 5.38. The molecule has 0 bridgehead atoms. The molecule has 34 heavy (non-hydrogen) atoms. The monoisotopic (exact) mass is 475 g/mol. The fraction of sp³-hybridized carbons (Fsp3) is 0.259.